The van der Waals surface area contributed by atoms with Crippen molar-refractivity contribution in [3.05, 3.63) is 46.9 Å². The summed E-state index contributed by atoms with van der Waals surface area (Å²) in [6.45, 7) is 3.06. The van der Waals surface area contributed by atoms with Crippen LogP contribution in [0.3, 0.4) is 0 Å². The molecule has 1 aliphatic heterocycles. The molecule has 4 nitrogen and oxygen atoms in total. The van der Waals surface area contributed by atoms with Crippen molar-refractivity contribution < 1.29 is 4.39 Å². The van der Waals surface area contributed by atoms with E-state index in [2.05, 4.69) is 30.8 Å². The molecule has 0 amide bonds. The topological polar surface area (TPSA) is 32.3 Å². The van der Waals surface area contributed by atoms with Crippen LogP contribution >= 0.6 is 15.9 Å². The third kappa shape index (κ3) is 2.60. The first-order valence-corrected chi connectivity index (χ1v) is 7.26. The molecule has 0 N–H and O–H groups in total. The molecule has 0 bridgehead atoms. The summed E-state index contributed by atoms with van der Waals surface area (Å²) in [7, 11) is 0. The maximum absolute atomic E-state index is 13.7. The molecule has 1 fully saturated rings. The highest BCUT2D eigenvalue weighted by molar-refractivity contribution is 9.10. The second-order valence-corrected chi connectivity index (χ2v) is 5.45. The van der Waals surface area contributed by atoms with Crippen LogP contribution in [0.5, 0.6) is 0 Å². The molecule has 3 heterocycles. The van der Waals surface area contributed by atoms with Crippen LogP contribution < -0.4 is 9.80 Å². The Labute approximate surface area is 125 Å². The summed E-state index contributed by atoms with van der Waals surface area (Å²) >= 11 is 3.51. The van der Waals surface area contributed by atoms with Crippen LogP contribution in [0.4, 0.5) is 16.0 Å². The van der Waals surface area contributed by atoms with Gasteiger partial charge in [0.2, 0.25) is 0 Å². The fourth-order valence-electron chi connectivity index (χ4n) is 2.35. The lowest BCUT2D eigenvalue weighted by molar-refractivity contribution is 0.587. The lowest BCUT2D eigenvalue weighted by atomic mass is 10.3. The number of anilines is 2. The molecular weight excluding hydrogens is 323 g/mol. The summed E-state index contributed by atoms with van der Waals surface area (Å²) in [5.41, 5.74) is 0. The van der Waals surface area contributed by atoms with Gasteiger partial charge in [0.15, 0.2) is 11.6 Å². The Hall–Kier alpha value is -1.69. The van der Waals surface area contributed by atoms with Gasteiger partial charge in [-0.25, -0.2) is 14.4 Å². The van der Waals surface area contributed by atoms with Crippen LogP contribution in [0.15, 0.2) is 41.1 Å². The summed E-state index contributed by atoms with van der Waals surface area (Å²) in [6.07, 6.45) is 3.41. The summed E-state index contributed by atoms with van der Waals surface area (Å²) in [4.78, 5) is 12.7. The number of pyridine rings is 2. The molecule has 20 heavy (non-hydrogen) atoms. The van der Waals surface area contributed by atoms with Crippen molar-refractivity contribution in [2.75, 3.05) is 36.0 Å². The van der Waals surface area contributed by atoms with Gasteiger partial charge < -0.3 is 9.80 Å². The molecule has 6 heteroatoms. The fourth-order valence-corrected chi connectivity index (χ4v) is 2.86. The third-order valence-corrected chi connectivity index (χ3v) is 3.98. The van der Waals surface area contributed by atoms with Crippen LogP contribution in [-0.2, 0) is 0 Å². The molecule has 0 unspecified atom stereocenters. The number of hydrogen-bond acceptors (Lipinski definition) is 4. The van der Waals surface area contributed by atoms with E-state index in [0.29, 0.717) is 5.82 Å². The average molecular weight is 337 g/mol. The minimum absolute atomic E-state index is 0.264. The Morgan fingerprint density at radius 1 is 0.900 bits per heavy atom. The van der Waals surface area contributed by atoms with E-state index in [-0.39, 0.29) is 5.82 Å². The van der Waals surface area contributed by atoms with Crippen molar-refractivity contribution in [3.8, 4) is 0 Å². The Morgan fingerprint density at radius 3 is 2.05 bits per heavy atom. The van der Waals surface area contributed by atoms with Gasteiger partial charge in [-0.1, -0.05) is 0 Å². The maximum Gasteiger partial charge on any atom is 0.165 e. The number of aromatic nitrogens is 2. The zero-order valence-corrected chi connectivity index (χ0v) is 12.4. The second-order valence-electron chi connectivity index (χ2n) is 4.59. The predicted molar refractivity (Wildman–Crippen MR) is 80.6 cm³/mol. The molecule has 0 atom stereocenters. The predicted octanol–water partition coefficient (Wildman–Crippen LogP) is 2.70. The Bertz CT molecular complexity index is 546. The molecule has 0 aliphatic carbocycles. The zero-order chi connectivity index (χ0) is 13.9. The van der Waals surface area contributed by atoms with Crippen LogP contribution in [0.25, 0.3) is 0 Å². The fraction of sp³-hybridized carbons (Fsp3) is 0.286. The molecule has 1 saturated heterocycles. The molecule has 104 valence electrons. The Balaban J connectivity index is 1.72. The van der Waals surface area contributed by atoms with E-state index < -0.39 is 0 Å². The monoisotopic (exact) mass is 336 g/mol. The van der Waals surface area contributed by atoms with Gasteiger partial charge in [0.25, 0.3) is 0 Å². The Morgan fingerprint density at radius 2 is 1.45 bits per heavy atom. The van der Waals surface area contributed by atoms with E-state index in [1.165, 1.54) is 6.07 Å². The molecule has 3 rings (SSSR count). The third-order valence-electron chi connectivity index (χ3n) is 3.36. The maximum atomic E-state index is 13.7. The van der Waals surface area contributed by atoms with Gasteiger partial charge in [0.1, 0.15) is 5.82 Å². The van der Waals surface area contributed by atoms with Gasteiger partial charge in [0, 0.05) is 38.6 Å². The van der Waals surface area contributed by atoms with Gasteiger partial charge in [-0.2, -0.15) is 0 Å². The largest absolute Gasteiger partial charge is 0.352 e. The van der Waals surface area contributed by atoms with Gasteiger partial charge in [0.05, 0.1) is 4.47 Å². The van der Waals surface area contributed by atoms with Gasteiger partial charge in [-0.3, -0.25) is 0 Å². The molecule has 0 aromatic carbocycles. The summed E-state index contributed by atoms with van der Waals surface area (Å²) < 4.78 is 14.7. The second kappa shape index (κ2) is 5.75. The lowest BCUT2D eigenvalue weighted by Gasteiger charge is -2.36. The summed E-state index contributed by atoms with van der Waals surface area (Å²) in [5.74, 6) is 1.11. The lowest BCUT2D eigenvalue weighted by Crippen LogP contribution is -2.47. The van der Waals surface area contributed by atoms with Crippen molar-refractivity contribution in [3.63, 3.8) is 0 Å². The number of halogens is 2. The van der Waals surface area contributed by atoms with Gasteiger partial charge in [-0.15, -0.1) is 0 Å². The zero-order valence-electron chi connectivity index (χ0n) is 10.8. The highest BCUT2D eigenvalue weighted by Crippen LogP contribution is 2.25. The first-order chi connectivity index (χ1) is 9.75. The van der Waals surface area contributed by atoms with E-state index in [1.54, 1.807) is 18.5 Å². The SMILES string of the molecule is Fc1cccnc1N1CCN(c2ncccc2Br)CC1. The van der Waals surface area contributed by atoms with Crippen molar-refractivity contribution in [2.24, 2.45) is 0 Å². The average Bonchev–Trinajstić information content (AvgIpc) is 2.49. The van der Waals surface area contributed by atoms with Crippen molar-refractivity contribution in [1.29, 1.82) is 0 Å². The molecule has 1 aliphatic rings. The molecular formula is C14H14BrFN4. The first kappa shape index (κ1) is 13.3. The number of nitrogens with zero attached hydrogens (tertiary/aromatic N) is 4. The highest BCUT2D eigenvalue weighted by atomic mass is 79.9. The van der Waals surface area contributed by atoms with E-state index in [0.717, 1.165) is 36.5 Å². The highest BCUT2D eigenvalue weighted by Gasteiger charge is 2.22. The van der Waals surface area contributed by atoms with Crippen LogP contribution in [-0.4, -0.2) is 36.1 Å². The molecule has 2 aromatic heterocycles. The van der Waals surface area contributed by atoms with E-state index in [9.17, 15) is 4.39 Å². The van der Waals surface area contributed by atoms with E-state index in [4.69, 9.17) is 0 Å². The molecule has 0 radical (unpaired) electrons. The number of rotatable bonds is 2. The minimum atomic E-state index is -0.264. The molecule has 2 aromatic rings. The number of hydrogen-bond donors (Lipinski definition) is 0. The van der Waals surface area contributed by atoms with E-state index >= 15 is 0 Å². The molecule has 0 spiro atoms. The van der Waals surface area contributed by atoms with Crippen LogP contribution in [0.2, 0.25) is 0 Å². The normalized spacial score (nSPS) is 15.5. The minimum Gasteiger partial charge on any atom is -0.352 e. The van der Waals surface area contributed by atoms with Gasteiger partial charge in [-0.05, 0) is 40.2 Å². The Kier molecular flexibility index (Phi) is 3.82. The number of piperazine rings is 1. The summed E-state index contributed by atoms with van der Waals surface area (Å²) in [6, 6.07) is 6.93. The van der Waals surface area contributed by atoms with Crippen LogP contribution in [0, 0.1) is 5.82 Å². The standard InChI is InChI=1S/C14H14BrFN4/c15-11-3-1-5-17-13(11)19-7-9-20(10-8-19)14-12(16)4-2-6-18-14/h1-6H,7-10H2. The first-order valence-electron chi connectivity index (χ1n) is 6.46. The van der Waals surface area contributed by atoms with Gasteiger partial charge >= 0.3 is 0 Å². The van der Waals surface area contributed by atoms with Crippen molar-refractivity contribution in [2.45, 2.75) is 0 Å². The van der Waals surface area contributed by atoms with Crippen molar-refractivity contribution >= 4 is 27.6 Å². The van der Waals surface area contributed by atoms with Crippen LogP contribution in [0.1, 0.15) is 0 Å². The molecule has 0 saturated carbocycles. The quantitative estimate of drug-likeness (QED) is 0.844. The summed E-state index contributed by atoms with van der Waals surface area (Å²) in [5, 5.41) is 0. The smallest absolute Gasteiger partial charge is 0.165 e. The van der Waals surface area contributed by atoms with E-state index in [1.807, 2.05) is 17.0 Å². The van der Waals surface area contributed by atoms with Crippen molar-refractivity contribution in [1.82, 2.24) is 9.97 Å².